The number of carbonyl (C=O) groups is 2. The number of ether oxygens (including phenoxy) is 1. The molecule has 0 radical (unpaired) electrons. The van der Waals surface area contributed by atoms with E-state index in [4.69, 9.17) is 4.74 Å². The zero-order valence-electron chi connectivity index (χ0n) is 27.9. The first-order chi connectivity index (χ1) is 22.0. The van der Waals surface area contributed by atoms with Crippen molar-refractivity contribution in [3.63, 3.8) is 0 Å². The lowest BCUT2D eigenvalue weighted by Gasteiger charge is -2.22. The van der Waals surface area contributed by atoms with Gasteiger partial charge in [-0.25, -0.2) is 18.8 Å². The van der Waals surface area contributed by atoms with Gasteiger partial charge in [0.2, 0.25) is 5.91 Å². The Labute approximate surface area is 269 Å². The summed E-state index contributed by atoms with van der Waals surface area (Å²) < 4.78 is 10.2. The van der Waals surface area contributed by atoms with Crippen LogP contribution in [-0.4, -0.2) is 69.1 Å². The lowest BCUT2D eigenvalue weighted by atomic mass is 9.95. The van der Waals surface area contributed by atoms with E-state index in [0.29, 0.717) is 11.4 Å². The maximum Gasteiger partial charge on any atom is 0.331 e. The number of methoxy groups -OCH3 is 1. The molecule has 3 heterocycles. The van der Waals surface area contributed by atoms with E-state index in [-0.39, 0.29) is 54.0 Å². The summed E-state index contributed by atoms with van der Waals surface area (Å²) in [5, 5.41) is 39.8. The Morgan fingerprint density at radius 1 is 0.848 bits per heavy atom. The van der Waals surface area contributed by atoms with Gasteiger partial charge in [-0.3, -0.25) is 4.79 Å². The molecule has 0 saturated heterocycles. The summed E-state index contributed by atoms with van der Waals surface area (Å²) in [4.78, 5) is 24.8. The van der Waals surface area contributed by atoms with Crippen molar-refractivity contribution < 1.29 is 19.4 Å². The van der Waals surface area contributed by atoms with Gasteiger partial charge in [0, 0.05) is 13.3 Å². The molecule has 2 N–H and O–H groups in total. The van der Waals surface area contributed by atoms with Crippen LogP contribution in [0.4, 0.5) is 0 Å². The van der Waals surface area contributed by atoms with Gasteiger partial charge in [0.05, 0.1) is 31.7 Å². The van der Waals surface area contributed by atoms with Crippen LogP contribution in [0.5, 0.6) is 5.75 Å². The summed E-state index contributed by atoms with van der Waals surface area (Å²) in [6, 6.07) is 5.14. The number of nitrogens with zero attached hydrogens (tertiary/aromatic N) is 9. The van der Waals surface area contributed by atoms with Gasteiger partial charge >= 0.3 is 5.97 Å². The SMILES string of the molecule is CCC(C)[C@H](NC(C)=O)c1cn([C@H](c2cn([C@@H](c3cn([C@@H](Cc4cccc(O)c4)C(=O)OC)nn3)C(C)C)nn2)C(C)CC)nn1. The number of phenolic OH excluding ortho intramolecular Hbond substituents is 1. The fourth-order valence-corrected chi connectivity index (χ4v) is 5.69. The molecule has 0 fully saturated rings. The summed E-state index contributed by atoms with van der Waals surface area (Å²) in [7, 11) is 1.33. The highest BCUT2D eigenvalue weighted by Gasteiger charge is 2.31. The molecule has 3 aromatic heterocycles. The van der Waals surface area contributed by atoms with Crippen LogP contribution in [0.1, 0.15) is 108 Å². The molecular weight excluding hydrogens is 588 g/mol. The highest BCUT2D eigenvalue weighted by Crippen LogP contribution is 2.32. The maximum absolute atomic E-state index is 12.8. The van der Waals surface area contributed by atoms with Crippen molar-refractivity contribution in [2.45, 2.75) is 91.9 Å². The summed E-state index contributed by atoms with van der Waals surface area (Å²) in [6.45, 7) is 14.0. The fourth-order valence-electron chi connectivity index (χ4n) is 5.69. The Hall–Kier alpha value is -4.62. The summed E-state index contributed by atoms with van der Waals surface area (Å²) in [5.74, 6) is -0.0915. The van der Waals surface area contributed by atoms with E-state index in [1.165, 1.54) is 18.7 Å². The monoisotopic (exact) mass is 634 g/mol. The number of aromatic nitrogens is 9. The molecule has 0 aliphatic rings. The van der Waals surface area contributed by atoms with E-state index in [9.17, 15) is 14.7 Å². The van der Waals surface area contributed by atoms with Crippen molar-refractivity contribution in [1.82, 2.24) is 50.3 Å². The number of rotatable bonds is 15. The predicted octanol–water partition coefficient (Wildman–Crippen LogP) is 4.23. The van der Waals surface area contributed by atoms with Crippen LogP contribution in [0.25, 0.3) is 0 Å². The molecule has 4 aromatic rings. The molecule has 1 amide bonds. The van der Waals surface area contributed by atoms with Crippen LogP contribution < -0.4 is 5.32 Å². The van der Waals surface area contributed by atoms with Gasteiger partial charge < -0.3 is 15.2 Å². The molecule has 14 nitrogen and oxygen atoms in total. The Morgan fingerprint density at radius 3 is 2.00 bits per heavy atom. The number of hydrogen-bond donors (Lipinski definition) is 2. The first-order valence-electron chi connectivity index (χ1n) is 15.8. The minimum Gasteiger partial charge on any atom is -0.508 e. The van der Waals surface area contributed by atoms with Crippen LogP contribution in [0.2, 0.25) is 0 Å². The van der Waals surface area contributed by atoms with Gasteiger partial charge in [-0.1, -0.05) is 82.2 Å². The molecule has 14 heteroatoms. The third kappa shape index (κ3) is 7.77. The minimum atomic E-state index is -0.778. The Bertz CT molecular complexity index is 1590. The molecule has 0 bridgehead atoms. The van der Waals surface area contributed by atoms with Crippen LogP contribution in [0.15, 0.2) is 42.9 Å². The van der Waals surface area contributed by atoms with Crippen LogP contribution >= 0.6 is 0 Å². The van der Waals surface area contributed by atoms with Crippen molar-refractivity contribution in [3.05, 3.63) is 65.5 Å². The molecule has 0 saturated carbocycles. The average molecular weight is 635 g/mol. The molecule has 2 unspecified atom stereocenters. The van der Waals surface area contributed by atoms with Gasteiger partial charge in [-0.15, -0.1) is 15.3 Å². The van der Waals surface area contributed by atoms with Crippen LogP contribution in [0.3, 0.4) is 0 Å². The van der Waals surface area contributed by atoms with Crippen molar-refractivity contribution in [2.75, 3.05) is 7.11 Å². The van der Waals surface area contributed by atoms with Gasteiger partial charge in [0.15, 0.2) is 6.04 Å². The quantitative estimate of drug-likeness (QED) is 0.181. The summed E-state index contributed by atoms with van der Waals surface area (Å²) in [6.07, 6.45) is 7.55. The molecular formula is C32H46N10O4. The second-order valence-corrected chi connectivity index (χ2v) is 12.4. The number of aromatic hydroxyl groups is 1. The number of carbonyl (C=O) groups excluding carboxylic acids is 2. The molecule has 1 aromatic carbocycles. The largest absolute Gasteiger partial charge is 0.508 e. The Kier molecular flexibility index (Phi) is 11.3. The van der Waals surface area contributed by atoms with Gasteiger partial charge in [-0.05, 0) is 35.4 Å². The van der Waals surface area contributed by atoms with Crippen molar-refractivity contribution >= 4 is 11.9 Å². The third-order valence-corrected chi connectivity index (χ3v) is 8.60. The van der Waals surface area contributed by atoms with Crippen molar-refractivity contribution in [1.29, 1.82) is 0 Å². The number of hydrogen-bond acceptors (Lipinski definition) is 10. The second-order valence-electron chi connectivity index (χ2n) is 12.4. The molecule has 248 valence electrons. The molecule has 6 atom stereocenters. The molecule has 0 spiro atoms. The van der Waals surface area contributed by atoms with E-state index >= 15 is 0 Å². The minimum absolute atomic E-state index is 0.0521. The second kappa shape index (κ2) is 15.1. The molecule has 0 aliphatic heterocycles. The van der Waals surface area contributed by atoms with E-state index in [0.717, 1.165) is 24.1 Å². The van der Waals surface area contributed by atoms with Crippen LogP contribution in [-0.2, 0) is 20.7 Å². The van der Waals surface area contributed by atoms with E-state index in [1.807, 2.05) is 23.1 Å². The first kappa shape index (κ1) is 34.3. The first-order valence-corrected chi connectivity index (χ1v) is 15.8. The van der Waals surface area contributed by atoms with Gasteiger partial charge in [0.25, 0.3) is 0 Å². The van der Waals surface area contributed by atoms with Crippen molar-refractivity contribution in [2.24, 2.45) is 17.8 Å². The van der Waals surface area contributed by atoms with E-state index in [1.54, 1.807) is 29.1 Å². The van der Waals surface area contributed by atoms with E-state index in [2.05, 4.69) is 77.8 Å². The zero-order valence-corrected chi connectivity index (χ0v) is 27.9. The van der Waals surface area contributed by atoms with Gasteiger partial charge in [0.1, 0.15) is 34.9 Å². The zero-order chi connectivity index (χ0) is 33.5. The van der Waals surface area contributed by atoms with E-state index < -0.39 is 12.0 Å². The fraction of sp³-hybridized carbons (Fsp3) is 0.562. The van der Waals surface area contributed by atoms with Gasteiger partial charge in [-0.2, -0.15) is 0 Å². The smallest absolute Gasteiger partial charge is 0.331 e. The van der Waals surface area contributed by atoms with Crippen molar-refractivity contribution in [3.8, 4) is 5.75 Å². The van der Waals surface area contributed by atoms with Crippen LogP contribution in [0, 0.1) is 17.8 Å². The molecule has 0 aliphatic carbocycles. The highest BCUT2D eigenvalue weighted by atomic mass is 16.5. The lowest BCUT2D eigenvalue weighted by Crippen LogP contribution is -2.31. The number of nitrogens with one attached hydrogen (secondary N) is 1. The molecule has 4 rings (SSSR count). The molecule has 46 heavy (non-hydrogen) atoms. The normalized spacial score (nSPS) is 15.6. The number of phenols is 1. The number of esters is 1. The predicted molar refractivity (Wildman–Crippen MR) is 170 cm³/mol. The number of benzene rings is 1. The third-order valence-electron chi connectivity index (χ3n) is 8.60. The number of amides is 1. The standard InChI is InChI=1S/C32H46N10O4/c1-9-20(5)29(33-22(7)43)25-16-42(38-34-25)31(21(6)10-2)27-18-41(39-36-27)30(19(3)4)26-17-40(37-35-26)28(32(45)46-8)15-23-12-11-13-24(44)14-23/h11-14,16-21,28-31,44H,9-10,15H2,1-8H3,(H,33,43)/t20?,21?,28-,29-,30+,31-/m0/s1. The summed E-state index contributed by atoms with van der Waals surface area (Å²) in [5.41, 5.74) is 2.80. The Morgan fingerprint density at radius 2 is 1.41 bits per heavy atom. The highest BCUT2D eigenvalue weighted by molar-refractivity contribution is 5.74. The topological polar surface area (TPSA) is 168 Å². The summed E-state index contributed by atoms with van der Waals surface area (Å²) >= 11 is 0. The maximum atomic E-state index is 12.8. The lowest BCUT2D eigenvalue weighted by molar-refractivity contribution is -0.145. The average Bonchev–Trinajstić information content (AvgIpc) is 3.81. The Balaban J connectivity index is 1.65.